The molecule has 144 valence electrons. The fourth-order valence-corrected chi connectivity index (χ4v) is 3.62. The summed E-state index contributed by atoms with van der Waals surface area (Å²) in [7, 11) is 0. The number of carbonyl (C=O) groups is 1. The van der Waals surface area contributed by atoms with Crippen LogP contribution >= 0.6 is 0 Å². The van der Waals surface area contributed by atoms with Crippen LogP contribution in [-0.4, -0.2) is 30.5 Å². The number of hydrogen-bond donors (Lipinski definition) is 1. The maximum Gasteiger partial charge on any atom is 0.258 e. The molecule has 0 bridgehead atoms. The fraction of sp³-hybridized carbons (Fsp3) is 0.292. The molecule has 0 radical (unpaired) electrons. The van der Waals surface area contributed by atoms with Crippen LogP contribution in [0.3, 0.4) is 0 Å². The van der Waals surface area contributed by atoms with Crippen LogP contribution in [0, 0.1) is 0 Å². The predicted molar refractivity (Wildman–Crippen MR) is 112 cm³/mol. The lowest BCUT2D eigenvalue weighted by atomic mass is 10.1. The Labute approximate surface area is 166 Å². The third-order valence-corrected chi connectivity index (χ3v) is 5.21. The van der Waals surface area contributed by atoms with Gasteiger partial charge in [0.25, 0.3) is 5.91 Å². The van der Waals surface area contributed by atoms with Gasteiger partial charge in [-0.3, -0.25) is 9.69 Å². The van der Waals surface area contributed by atoms with Gasteiger partial charge in [0, 0.05) is 13.1 Å². The summed E-state index contributed by atoms with van der Waals surface area (Å²) in [5.41, 5.74) is 2.43. The Bertz CT molecular complexity index is 931. The molecule has 1 aliphatic heterocycles. The van der Waals surface area contributed by atoms with E-state index in [-0.39, 0.29) is 12.5 Å². The van der Waals surface area contributed by atoms with Gasteiger partial charge in [0.15, 0.2) is 6.61 Å². The molecular weight excluding hydrogens is 348 g/mol. The quantitative estimate of drug-likeness (QED) is 0.676. The van der Waals surface area contributed by atoms with Crippen molar-refractivity contribution < 1.29 is 9.53 Å². The normalized spacial score (nSPS) is 14.3. The molecule has 1 fully saturated rings. The van der Waals surface area contributed by atoms with Gasteiger partial charge in [-0.15, -0.1) is 0 Å². The number of hydrogen-bond acceptors (Lipinski definition) is 3. The van der Waals surface area contributed by atoms with E-state index in [1.165, 1.54) is 31.5 Å². The number of fused-ring (bicyclic) bond motifs is 1. The molecule has 1 aliphatic rings. The number of rotatable bonds is 7. The lowest BCUT2D eigenvalue weighted by molar-refractivity contribution is -0.123. The number of benzene rings is 3. The maximum absolute atomic E-state index is 12.1. The molecule has 3 aromatic rings. The van der Waals surface area contributed by atoms with Crippen LogP contribution in [-0.2, 0) is 17.9 Å². The third kappa shape index (κ3) is 4.90. The van der Waals surface area contributed by atoms with E-state index in [0.29, 0.717) is 12.3 Å². The maximum atomic E-state index is 12.1. The van der Waals surface area contributed by atoms with Gasteiger partial charge >= 0.3 is 0 Å². The first-order valence-electron chi connectivity index (χ1n) is 9.95. The highest BCUT2D eigenvalue weighted by molar-refractivity contribution is 5.84. The minimum Gasteiger partial charge on any atom is -0.484 e. The highest BCUT2D eigenvalue weighted by atomic mass is 16.5. The summed E-state index contributed by atoms with van der Waals surface area (Å²) >= 11 is 0. The Kier molecular flexibility index (Phi) is 5.88. The lowest BCUT2D eigenvalue weighted by Crippen LogP contribution is -2.28. The number of carbonyl (C=O) groups excluding carboxylic acids is 1. The Morgan fingerprint density at radius 2 is 1.61 bits per heavy atom. The van der Waals surface area contributed by atoms with Crippen molar-refractivity contribution >= 4 is 16.7 Å². The van der Waals surface area contributed by atoms with E-state index in [2.05, 4.69) is 40.5 Å². The van der Waals surface area contributed by atoms with Gasteiger partial charge in [-0.25, -0.2) is 0 Å². The molecule has 1 amide bonds. The molecule has 1 saturated heterocycles. The summed E-state index contributed by atoms with van der Waals surface area (Å²) in [5, 5.41) is 5.19. The summed E-state index contributed by atoms with van der Waals surface area (Å²) < 4.78 is 5.64. The van der Waals surface area contributed by atoms with Gasteiger partial charge in [0.1, 0.15) is 5.75 Å². The van der Waals surface area contributed by atoms with Crippen molar-refractivity contribution in [1.29, 1.82) is 0 Å². The Morgan fingerprint density at radius 1 is 0.893 bits per heavy atom. The molecule has 0 aliphatic carbocycles. The first-order chi connectivity index (χ1) is 13.8. The third-order valence-electron chi connectivity index (χ3n) is 5.21. The lowest BCUT2D eigenvalue weighted by Gasteiger charge is -2.14. The van der Waals surface area contributed by atoms with E-state index in [1.807, 2.05) is 36.4 Å². The number of amides is 1. The zero-order valence-electron chi connectivity index (χ0n) is 16.1. The fourth-order valence-electron chi connectivity index (χ4n) is 3.62. The smallest absolute Gasteiger partial charge is 0.258 e. The van der Waals surface area contributed by atoms with Crippen molar-refractivity contribution in [3.05, 3.63) is 77.9 Å². The standard InChI is InChI=1S/C24H26N2O2/c27-24(18-28-23-12-11-21-5-1-2-6-22(21)15-23)25-16-19-7-9-20(10-8-19)17-26-13-3-4-14-26/h1-2,5-12,15H,3-4,13-14,16-18H2,(H,25,27). The number of likely N-dealkylation sites (tertiary alicyclic amines) is 1. The Hall–Kier alpha value is -2.85. The van der Waals surface area contributed by atoms with E-state index in [4.69, 9.17) is 4.74 Å². The SMILES string of the molecule is O=C(COc1ccc2ccccc2c1)NCc1ccc(CN2CCCC2)cc1. The summed E-state index contributed by atoms with van der Waals surface area (Å²) in [6.07, 6.45) is 2.62. The average molecular weight is 374 g/mol. The van der Waals surface area contributed by atoms with Crippen LogP contribution in [0.25, 0.3) is 10.8 Å². The molecule has 28 heavy (non-hydrogen) atoms. The second-order valence-electron chi connectivity index (χ2n) is 7.37. The second-order valence-corrected chi connectivity index (χ2v) is 7.37. The number of nitrogens with one attached hydrogen (secondary N) is 1. The molecule has 0 atom stereocenters. The van der Waals surface area contributed by atoms with Crippen LogP contribution in [0.15, 0.2) is 66.7 Å². The highest BCUT2D eigenvalue weighted by Crippen LogP contribution is 2.20. The molecule has 4 heteroatoms. The van der Waals surface area contributed by atoms with E-state index < -0.39 is 0 Å². The van der Waals surface area contributed by atoms with E-state index in [0.717, 1.165) is 22.9 Å². The topological polar surface area (TPSA) is 41.6 Å². The van der Waals surface area contributed by atoms with Crippen LogP contribution in [0.2, 0.25) is 0 Å². The molecule has 3 aromatic carbocycles. The molecule has 4 rings (SSSR count). The summed E-state index contributed by atoms with van der Waals surface area (Å²) in [5.74, 6) is 0.592. The van der Waals surface area contributed by atoms with Crippen molar-refractivity contribution in [1.82, 2.24) is 10.2 Å². The minimum atomic E-state index is -0.116. The minimum absolute atomic E-state index is 0.0192. The molecule has 0 unspecified atom stereocenters. The van der Waals surface area contributed by atoms with Gasteiger partial charge < -0.3 is 10.1 Å². The largest absolute Gasteiger partial charge is 0.484 e. The van der Waals surface area contributed by atoms with E-state index in [1.54, 1.807) is 0 Å². The first-order valence-corrected chi connectivity index (χ1v) is 9.95. The van der Waals surface area contributed by atoms with E-state index in [9.17, 15) is 4.79 Å². The molecule has 0 aromatic heterocycles. The van der Waals surface area contributed by atoms with Crippen molar-refractivity contribution in [3.8, 4) is 5.75 Å². The van der Waals surface area contributed by atoms with Crippen LogP contribution in [0.4, 0.5) is 0 Å². The molecular formula is C24H26N2O2. The van der Waals surface area contributed by atoms with E-state index >= 15 is 0 Å². The van der Waals surface area contributed by atoms with Gasteiger partial charge in [0.2, 0.25) is 0 Å². The summed E-state index contributed by atoms with van der Waals surface area (Å²) in [6.45, 7) is 3.96. The number of nitrogens with zero attached hydrogens (tertiary/aromatic N) is 1. The van der Waals surface area contributed by atoms with Gasteiger partial charge in [-0.05, 0) is 60.0 Å². The zero-order valence-corrected chi connectivity index (χ0v) is 16.1. The molecule has 0 saturated carbocycles. The summed E-state index contributed by atoms with van der Waals surface area (Å²) in [6, 6.07) is 22.5. The first kappa shape index (κ1) is 18.5. The molecule has 1 heterocycles. The Balaban J connectivity index is 1.23. The predicted octanol–water partition coefficient (Wildman–Crippen LogP) is 4.13. The molecule has 4 nitrogen and oxygen atoms in total. The van der Waals surface area contributed by atoms with Crippen molar-refractivity contribution in [2.45, 2.75) is 25.9 Å². The zero-order chi connectivity index (χ0) is 19.2. The van der Waals surface area contributed by atoms with Crippen molar-refractivity contribution in [3.63, 3.8) is 0 Å². The molecule has 1 N–H and O–H groups in total. The molecule has 0 spiro atoms. The van der Waals surface area contributed by atoms with Gasteiger partial charge in [0.05, 0.1) is 0 Å². The van der Waals surface area contributed by atoms with Gasteiger partial charge in [-0.2, -0.15) is 0 Å². The second kappa shape index (κ2) is 8.89. The average Bonchev–Trinajstić information content (AvgIpc) is 3.24. The monoisotopic (exact) mass is 374 g/mol. The van der Waals surface area contributed by atoms with Crippen LogP contribution < -0.4 is 10.1 Å². The van der Waals surface area contributed by atoms with Crippen LogP contribution in [0.5, 0.6) is 5.75 Å². The number of ether oxygens (including phenoxy) is 1. The van der Waals surface area contributed by atoms with Crippen LogP contribution in [0.1, 0.15) is 24.0 Å². The van der Waals surface area contributed by atoms with Crippen molar-refractivity contribution in [2.24, 2.45) is 0 Å². The highest BCUT2D eigenvalue weighted by Gasteiger charge is 2.11. The Morgan fingerprint density at radius 3 is 2.39 bits per heavy atom. The van der Waals surface area contributed by atoms with Gasteiger partial charge in [-0.1, -0.05) is 54.6 Å². The van der Waals surface area contributed by atoms with Crippen molar-refractivity contribution in [2.75, 3.05) is 19.7 Å². The summed E-state index contributed by atoms with van der Waals surface area (Å²) in [4.78, 5) is 14.6.